The third-order valence-electron chi connectivity index (χ3n) is 2.72. The number of aromatic nitrogens is 2. The Morgan fingerprint density at radius 2 is 1.86 bits per heavy atom. The molecule has 0 aliphatic carbocycles. The lowest BCUT2D eigenvalue weighted by atomic mass is 9.97. The van der Waals surface area contributed by atoms with Crippen LogP contribution in [0.4, 0.5) is 5.82 Å². The number of rotatable bonds is 1. The molecule has 1 aromatic heterocycles. The van der Waals surface area contributed by atoms with E-state index in [2.05, 4.69) is 43.2 Å². The molecule has 0 fully saturated rings. The van der Waals surface area contributed by atoms with Crippen LogP contribution in [0.1, 0.15) is 39.0 Å². The van der Waals surface area contributed by atoms with E-state index >= 15 is 0 Å². The van der Waals surface area contributed by atoms with E-state index in [-0.39, 0.29) is 11.2 Å². The molecule has 0 atom stereocenters. The third kappa shape index (κ3) is 1.07. The molecule has 0 radical (unpaired) electrons. The zero-order valence-electron chi connectivity index (χ0n) is 9.36. The summed E-state index contributed by atoms with van der Waals surface area (Å²) in [5.41, 5.74) is 1.67. The molecule has 0 bridgehead atoms. The topological polar surface area (TPSA) is 49.9 Å². The highest BCUT2D eigenvalue weighted by atomic mass is 16.5. The van der Waals surface area contributed by atoms with Crippen molar-refractivity contribution in [3.63, 3.8) is 0 Å². The summed E-state index contributed by atoms with van der Waals surface area (Å²) in [7, 11) is 1.87. The highest BCUT2D eigenvalue weighted by molar-refractivity contribution is 5.53. The van der Waals surface area contributed by atoms with Gasteiger partial charge in [0.2, 0.25) is 0 Å². The number of H-pyrrole nitrogens is 1. The van der Waals surface area contributed by atoms with E-state index in [1.54, 1.807) is 0 Å². The molecule has 0 saturated heterocycles. The van der Waals surface area contributed by atoms with Gasteiger partial charge in [0, 0.05) is 7.05 Å². The van der Waals surface area contributed by atoms with Crippen LogP contribution < -0.4 is 5.32 Å². The molecule has 4 nitrogen and oxygen atoms in total. The van der Waals surface area contributed by atoms with Crippen molar-refractivity contribution >= 4 is 5.82 Å². The van der Waals surface area contributed by atoms with Crippen molar-refractivity contribution < 1.29 is 4.74 Å². The van der Waals surface area contributed by atoms with Crippen LogP contribution >= 0.6 is 0 Å². The van der Waals surface area contributed by atoms with Crippen LogP contribution in [-0.2, 0) is 15.9 Å². The van der Waals surface area contributed by atoms with Gasteiger partial charge in [-0.1, -0.05) is 0 Å². The zero-order valence-corrected chi connectivity index (χ0v) is 9.36. The number of nitrogens with zero attached hydrogens (tertiary/aromatic N) is 1. The van der Waals surface area contributed by atoms with E-state index in [1.165, 1.54) is 0 Å². The van der Waals surface area contributed by atoms with E-state index in [9.17, 15) is 0 Å². The second kappa shape index (κ2) is 2.51. The van der Waals surface area contributed by atoms with Crippen molar-refractivity contribution in [3.8, 4) is 0 Å². The van der Waals surface area contributed by atoms with Gasteiger partial charge in [-0.05, 0) is 27.7 Å². The van der Waals surface area contributed by atoms with Gasteiger partial charge in [0.05, 0.1) is 16.9 Å². The fourth-order valence-electron chi connectivity index (χ4n) is 2.28. The standard InChI is InChI=1S/C10H17N3O/c1-9(2)6-7(10(3,4)14-9)12-13-8(6)11-5/h1-5H3,(H2,11,12,13). The summed E-state index contributed by atoms with van der Waals surface area (Å²) in [6, 6.07) is 0. The maximum Gasteiger partial charge on any atom is 0.154 e. The van der Waals surface area contributed by atoms with Gasteiger partial charge in [-0.25, -0.2) is 0 Å². The largest absolute Gasteiger partial charge is 0.371 e. The first-order valence-corrected chi connectivity index (χ1v) is 4.86. The minimum atomic E-state index is -0.277. The molecule has 78 valence electrons. The first-order valence-electron chi connectivity index (χ1n) is 4.86. The second-order valence-electron chi connectivity index (χ2n) is 4.69. The molecule has 4 heteroatoms. The number of aromatic amines is 1. The van der Waals surface area contributed by atoms with E-state index < -0.39 is 0 Å². The molecule has 1 aromatic rings. The molecule has 0 amide bonds. The fraction of sp³-hybridized carbons (Fsp3) is 0.700. The quantitative estimate of drug-likeness (QED) is 0.720. The number of ether oxygens (including phenoxy) is 1. The van der Waals surface area contributed by atoms with Crippen molar-refractivity contribution in [2.75, 3.05) is 12.4 Å². The molecule has 2 N–H and O–H groups in total. The number of hydrogen-bond acceptors (Lipinski definition) is 3. The van der Waals surface area contributed by atoms with E-state index in [4.69, 9.17) is 4.74 Å². The maximum atomic E-state index is 5.98. The van der Waals surface area contributed by atoms with Gasteiger partial charge in [-0.2, -0.15) is 5.10 Å². The van der Waals surface area contributed by atoms with Crippen molar-refractivity contribution in [3.05, 3.63) is 11.3 Å². The summed E-state index contributed by atoms with van der Waals surface area (Å²) in [5, 5.41) is 10.4. The van der Waals surface area contributed by atoms with E-state index in [1.807, 2.05) is 7.05 Å². The predicted octanol–water partition coefficient (Wildman–Crippen LogP) is 1.95. The predicted molar refractivity (Wildman–Crippen MR) is 55.3 cm³/mol. The summed E-state index contributed by atoms with van der Waals surface area (Å²) < 4.78 is 5.98. The molecule has 2 rings (SSSR count). The van der Waals surface area contributed by atoms with Gasteiger partial charge in [0.15, 0.2) is 5.82 Å². The lowest BCUT2D eigenvalue weighted by Gasteiger charge is -2.25. The van der Waals surface area contributed by atoms with E-state index in [0.717, 1.165) is 17.1 Å². The van der Waals surface area contributed by atoms with Crippen LogP contribution in [0.5, 0.6) is 0 Å². The average Bonchev–Trinajstić information content (AvgIpc) is 2.51. The summed E-state index contributed by atoms with van der Waals surface area (Å²) in [6.45, 7) is 8.24. The van der Waals surface area contributed by atoms with Crippen LogP contribution in [0.2, 0.25) is 0 Å². The van der Waals surface area contributed by atoms with Crippen LogP contribution in [-0.4, -0.2) is 17.2 Å². The monoisotopic (exact) mass is 195 g/mol. The molecule has 0 unspecified atom stereocenters. The Labute approximate surface area is 84.0 Å². The Morgan fingerprint density at radius 1 is 1.21 bits per heavy atom. The highest BCUT2D eigenvalue weighted by Gasteiger charge is 2.46. The van der Waals surface area contributed by atoms with Crippen molar-refractivity contribution in [2.45, 2.75) is 38.9 Å². The number of fused-ring (bicyclic) bond motifs is 1. The van der Waals surface area contributed by atoms with Gasteiger partial charge in [0.25, 0.3) is 0 Å². The summed E-state index contributed by atoms with van der Waals surface area (Å²) in [6.07, 6.45) is 0. The Morgan fingerprint density at radius 3 is 2.43 bits per heavy atom. The lowest BCUT2D eigenvalue weighted by molar-refractivity contribution is -0.107. The molecule has 0 saturated carbocycles. The van der Waals surface area contributed by atoms with Crippen molar-refractivity contribution in [1.82, 2.24) is 10.2 Å². The summed E-state index contributed by atoms with van der Waals surface area (Å²) in [5.74, 6) is 0.885. The van der Waals surface area contributed by atoms with Gasteiger partial charge >= 0.3 is 0 Å². The van der Waals surface area contributed by atoms with Gasteiger partial charge < -0.3 is 10.1 Å². The molecule has 1 aliphatic heterocycles. The minimum Gasteiger partial charge on any atom is -0.371 e. The first kappa shape index (κ1) is 9.52. The lowest BCUT2D eigenvalue weighted by Crippen LogP contribution is -2.24. The van der Waals surface area contributed by atoms with Gasteiger partial charge in [-0.3, -0.25) is 5.10 Å². The molecular weight excluding hydrogens is 178 g/mol. The summed E-state index contributed by atoms with van der Waals surface area (Å²) >= 11 is 0. The maximum absolute atomic E-state index is 5.98. The second-order valence-corrected chi connectivity index (χ2v) is 4.69. The third-order valence-corrected chi connectivity index (χ3v) is 2.72. The van der Waals surface area contributed by atoms with Crippen molar-refractivity contribution in [1.29, 1.82) is 0 Å². The Balaban J connectivity index is 2.62. The van der Waals surface area contributed by atoms with Gasteiger partial charge in [-0.15, -0.1) is 0 Å². The summed E-state index contributed by atoms with van der Waals surface area (Å²) in [4.78, 5) is 0. The highest BCUT2D eigenvalue weighted by Crippen LogP contribution is 2.48. The van der Waals surface area contributed by atoms with Crippen LogP contribution in [0.3, 0.4) is 0 Å². The average molecular weight is 195 g/mol. The zero-order chi connectivity index (χ0) is 10.6. The molecule has 0 aromatic carbocycles. The van der Waals surface area contributed by atoms with Crippen LogP contribution in [0.25, 0.3) is 0 Å². The molecular formula is C10H17N3O. The Hall–Kier alpha value is -1.03. The molecule has 0 spiro atoms. The normalized spacial score (nSPS) is 22.1. The number of anilines is 1. The van der Waals surface area contributed by atoms with Crippen molar-refractivity contribution in [2.24, 2.45) is 0 Å². The SMILES string of the molecule is CNc1n[nH]c2c1C(C)(C)OC2(C)C. The van der Waals surface area contributed by atoms with Gasteiger partial charge in [0.1, 0.15) is 5.60 Å². The Kier molecular flexibility index (Phi) is 1.71. The van der Waals surface area contributed by atoms with E-state index in [0.29, 0.717) is 0 Å². The van der Waals surface area contributed by atoms with Crippen LogP contribution in [0, 0.1) is 0 Å². The Bertz CT molecular complexity index is 365. The fourth-order valence-corrected chi connectivity index (χ4v) is 2.28. The number of hydrogen-bond donors (Lipinski definition) is 2. The number of nitrogens with one attached hydrogen (secondary N) is 2. The smallest absolute Gasteiger partial charge is 0.154 e. The minimum absolute atomic E-state index is 0.274. The first-order chi connectivity index (χ1) is 6.38. The molecule has 2 heterocycles. The molecule has 1 aliphatic rings. The molecule has 14 heavy (non-hydrogen) atoms. The van der Waals surface area contributed by atoms with Crippen LogP contribution in [0.15, 0.2) is 0 Å².